The van der Waals surface area contributed by atoms with Crippen LogP contribution in [0.15, 0.2) is 56.9 Å². The van der Waals surface area contributed by atoms with Crippen LogP contribution in [-0.4, -0.2) is 22.8 Å². The molecule has 1 aliphatic carbocycles. The van der Waals surface area contributed by atoms with Gasteiger partial charge in [-0.2, -0.15) is 0 Å². The lowest BCUT2D eigenvalue weighted by Crippen LogP contribution is -2.46. The average molecular weight is 427 g/mol. The molecule has 0 bridgehead atoms. The van der Waals surface area contributed by atoms with Gasteiger partial charge in [0.2, 0.25) is 0 Å². The smallest absolute Gasteiger partial charge is 0.290 e. The Bertz CT molecular complexity index is 955. The highest BCUT2D eigenvalue weighted by molar-refractivity contribution is 7.09. The number of carbonyl (C=O) groups excluding carboxylic acids is 2. The van der Waals surface area contributed by atoms with Crippen LogP contribution < -0.4 is 5.32 Å². The summed E-state index contributed by atoms with van der Waals surface area (Å²) in [5.41, 5.74) is 0. The summed E-state index contributed by atoms with van der Waals surface area (Å²) in [7, 11) is 0. The number of carbonyl (C=O) groups is 2. The Morgan fingerprint density at radius 3 is 2.63 bits per heavy atom. The number of nitrogens with one attached hydrogen (secondary N) is 1. The second-order valence-electron chi connectivity index (χ2n) is 7.68. The number of thiophene rings is 1. The molecule has 6 nitrogen and oxygen atoms in total. The Labute approximate surface area is 179 Å². The van der Waals surface area contributed by atoms with Crippen molar-refractivity contribution in [2.45, 2.75) is 57.7 Å². The molecule has 1 saturated carbocycles. The van der Waals surface area contributed by atoms with Gasteiger partial charge in [0.05, 0.1) is 12.8 Å². The third-order valence-electron chi connectivity index (χ3n) is 5.44. The largest absolute Gasteiger partial charge is 0.464 e. The predicted octanol–water partition coefficient (Wildman–Crippen LogP) is 5.08. The zero-order valence-corrected chi connectivity index (χ0v) is 17.8. The number of hydrogen-bond acceptors (Lipinski definition) is 5. The van der Waals surface area contributed by atoms with Crippen LogP contribution in [0.2, 0.25) is 0 Å². The Hall–Kier alpha value is -2.80. The molecule has 1 aliphatic rings. The van der Waals surface area contributed by atoms with Gasteiger partial charge in [-0.05, 0) is 55.5 Å². The van der Waals surface area contributed by atoms with Crippen molar-refractivity contribution in [2.75, 3.05) is 0 Å². The molecule has 3 aromatic rings. The van der Waals surface area contributed by atoms with Crippen LogP contribution in [0.4, 0.5) is 0 Å². The first-order chi connectivity index (χ1) is 14.6. The summed E-state index contributed by atoms with van der Waals surface area (Å²) in [4.78, 5) is 29.4. The summed E-state index contributed by atoms with van der Waals surface area (Å²) >= 11 is 1.54. The first-order valence-corrected chi connectivity index (χ1v) is 11.2. The standard InChI is InChI=1S/C23H26N2O4S/c1-16-11-12-19(29-16)21(22(26)24-17-7-3-2-4-8-17)25(15-18-9-6-14-30-18)23(27)20-10-5-13-28-20/h5-6,9-14,17,21H,2-4,7-8,15H2,1H3,(H,24,26)/t21-/m0/s1. The van der Waals surface area contributed by atoms with E-state index in [-0.39, 0.29) is 23.6 Å². The summed E-state index contributed by atoms with van der Waals surface area (Å²) in [5.74, 6) is 0.795. The van der Waals surface area contributed by atoms with Gasteiger partial charge in [0.1, 0.15) is 11.5 Å². The molecular formula is C23H26N2O4S. The van der Waals surface area contributed by atoms with Crippen molar-refractivity contribution in [3.63, 3.8) is 0 Å². The van der Waals surface area contributed by atoms with Gasteiger partial charge in [-0.1, -0.05) is 25.3 Å². The second kappa shape index (κ2) is 9.34. The van der Waals surface area contributed by atoms with E-state index in [2.05, 4.69) is 5.32 Å². The van der Waals surface area contributed by atoms with E-state index in [0.717, 1.165) is 30.6 Å². The van der Waals surface area contributed by atoms with Gasteiger partial charge < -0.3 is 19.1 Å². The number of rotatable bonds is 7. The van der Waals surface area contributed by atoms with E-state index in [1.165, 1.54) is 12.7 Å². The van der Waals surface area contributed by atoms with Crippen molar-refractivity contribution in [1.29, 1.82) is 0 Å². The number of furan rings is 2. The maximum Gasteiger partial charge on any atom is 0.290 e. The van der Waals surface area contributed by atoms with E-state index in [9.17, 15) is 9.59 Å². The molecule has 3 aromatic heterocycles. The molecule has 158 valence electrons. The van der Waals surface area contributed by atoms with Crippen molar-refractivity contribution in [3.8, 4) is 0 Å². The Morgan fingerprint density at radius 1 is 1.17 bits per heavy atom. The van der Waals surface area contributed by atoms with Gasteiger partial charge in [0, 0.05) is 10.9 Å². The minimum Gasteiger partial charge on any atom is -0.464 e. The second-order valence-corrected chi connectivity index (χ2v) is 8.72. The number of aryl methyl sites for hydroxylation is 1. The third kappa shape index (κ3) is 4.67. The molecule has 0 aromatic carbocycles. The molecule has 1 atom stereocenters. The van der Waals surface area contributed by atoms with E-state index < -0.39 is 6.04 Å². The summed E-state index contributed by atoms with van der Waals surface area (Å²) < 4.78 is 11.2. The normalized spacial score (nSPS) is 15.6. The van der Waals surface area contributed by atoms with Gasteiger partial charge >= 0.3 is 0 Å². The lowest BCUT2D eigenvalue weighted by atomic mass is 9.95. The van der Waals surface area contributed by atoms with Crippen LogP contribution in [0.5, 0.6) is 0 Å². The average Bonchev–Trinajstić information content (AvgIpc) is 3.51. The fraction of sp³-hybridized carbons (Fsp3) is 0.391. The lowest BCUT2D eigenvalue weighted by Gasteiger charge is -2.31. The summed E-state index contributed by atoms with van der Waals surface area (Å²) in [5, 5.41) is 5.12. The van der Waals surface area contributed by atoms with Crippen molar-refractivity contribution in [1.82, 2.24) is 10.2 Å². The van der Waals surface area contributed by atoms with Crippen LogP contribution in [0.3, 0.4) is 0 Å². The molecule has 0 spiro atoms. The van der Waals surface area contributed by atoms with Crippen LogP contribution in [0.1, 0.15) is 65.1 Å². The molecule has 0 aliphatic heterocycles. The molecule has 0 unspecified atom stereocenters. The number of hydrogen-bond donors (Lipinski definition) is 1. The molecule has 7 heteroatoms. The highest BCUT2D eigenvalue weighted by Crippen LogP contribution is 2.29. The van der Waals surface area contributed by atoms with Gasteiger partial charge in [0.25, 0.3) is 11.8 Å². The SMILES string of the molecule is Cc1ccc([C@@H](C(=O)NC2CCCCC2)N(Cc2cccs2)C(=O)c2ccco2)o1. The van der Waals surface area contributed by atoms with Crippen LogP contribution in [-0.2, 0) is 11.3 Å². The minimum absolute atomic E-state index is 0.132. The fourth-order valence-electron chi connectivity index (χ4n) is 3.94. The van der Waals surface area contributed by atoms with E-state index in [1.807, 2.05) is 30.5 Å². The summed E-state index contributed by atoms with van der Waals surface area (Å²) in [6.45, 7) is 2.12. The van der Waals surface area contributed by atoms with E-state index in [4.69, 9.17) is 8.83 Å². The molecule has 1 fully saturated rings. The van der Waals surface area contributed by atoms with Crippen LogP contribution >= 0.6 is 11.3 Å². The topological polar surface area (TPSA) is 75.7 Å². The van der Waals surface area contributed by atoms with E-state index >= 15 is 0 Å². The quantitative estimate of drug-likeness (QED) is 0.572. The Kier molecular flexibility index (Phi) is 6.38. The Morgan fingerprint density at radius 2 is 2.00 bits per heavy atom. The fourth-order valence-corrected chi connectivity index (χ4v) is 4.65. The van der Waals surface area contributed by atoms with E-state index in [0.29, 0.717) is 18.1 Å². The molecule has 2 amide bonds. The van der Waals surface area contributed by atoms with Crippen molar-refractivity contribution < 1.29 is 18.4 Å². The first kappa shape index (κ1) is 20.5. The molecule has 0 radical (unpaired) electrons. The van der Waals surface area contributed by atoms with Crippen molar-refractivity contribution in [3.05, 3.63) is 70.2 Å². The van der Waals surface area contributed by atoms with Gasteiger partial charge in [-0.25, -0.2) is 0 Å². The number of nitrogens with zero attached hydrogens (tertiary/aromatic N) is 1. The summed E-state index contributed by atoms with van der Waals surface area (Å²) in [6, 6.07) is 10.0. The molecule has 0 saturated heterocycles. The highest BCUT2D eigenvalue weighted by atomic mass is 32.1. The maximum atomic E-state index is 13.5. The predicted molar refractivity (Wildman–Crippen MR) is 114 cm³/mol. The minimum atomic E-state index is -0.875. The highest BCUT2D eigenvalue weighted by Gasteiger charge is 2.36. The Balaban J connectivity index is 1.68. The number of amides is 2. The van der Waals surface area contributed by atoms with Crippen LogP contribution in [0, 0.1) is 6.92 Å². The zero-order chi connectivity index (χ0) is 20.9. The molecule has 1 N–H and O–H groups in total. The molecule has 4 rings (SSSR count). The van der Waals surface area contributed by atoms with Crippen LogP contribution in [0.25, 0.3) is 0 Å². The van der Waals surface area contributed by atoms with Gasteiger partial charge in [0.15, 0.2) is 11.8 Å². The van der Waals surface area contributed by atoms with Gasteiger partial charge in [-0.3, -0.25) is 9.59 Å². The van der Waals surface area contributed by atoms with Crippen molar-refractivity contribution >= 4 is 23.2 Å². The third-order valence-corrected chi connectivity index (χ3v) is 6.30. The van der Waals surface area contributed by atoms with Gasteiger partial charge in [-0.15, -0.1) is 11.3 Å². The molecular weight excluding hydrogens is 400 g/mol. The monoisotopic (exact) mass is 426 g/mol. The zero-order valence-electron chi connectivity index (χ0n) is 17.0. The summed E-state index contributed by atoms with van der Waals surface area (Å²) in [6.07, 6.45) is 6.82. The van der Waals surface area contributed by atoms with E-state index in [1.54, 1.807) is 34.4 Å². The molecule has 30 heavy (non-hydrogen) atoms. The molecule has 3 heterocycles. The maximum absolute atomic E-state index is 13.5. The first-order valence-electron chi connectivity index (χ1n) is 10.4. The van der Waals surface area contributed by atoms with Crippen molar-refractivity contribution in [2.24, 2.45) is 0 Å². The lowest BCUT2D eigenvalue weighted by molar-refractivity contribution is -0.127.